The number of hydrogen-bond acceptors (Lipinski definition) is 6. The van der Waals surface area contributed by atoms with E-state index < -0.39 is 23.7 Å². The van der Waals surface area contributed by atoms with Crippen LogP contribution < -0.4 is 26.0 Å². The molecule has 0 saturated carbocycles. The molecule has 33 heavy (non-hydrogen) atoms. The van der Waals surface area contributed by atoms with E-state index in [4.69, 9.17) is 22.7 Å². The van der Waals surface area contributed by atoms with Gasteiger partial charge in [0.2, 0.25) is 0 Å². The second kappa shape index (κ2) is 9.57. The number of fused-ring (bicyclic) bond motifs is 1. The highest BCUT2D eigenvalue weighted by Crippen LogP contribution is 2.36. The number of ether oxygens (including phenoxy) is 1. The summed E-state index contributed by atoms with van der Waals surface area (Å²) >= 11 is 5.05. The Morgan fingerprint density at radius 2 is 2.03 bits per heavy atom. The molecule has 1 aliphatic heterocycles. The van der Waals surface area contributed by atoms with Crippen LogP contribution in [0.15, 0.2) is 29.5 Å². The van der Waals surface area contributed by atoms with E-state index in [1.54, 1.807) is 12.3 Å². The SMILES string of the molecule is CNC(=O)Oc1cnc(NC(=S)N=C(N)c2cc3c(cn2)N(C(C)C)CC3)c(C(F)(F)F)c1. The van der Waals surface area contributed by atoms with Crippen LogP contribution in [0.2, 0.25) is 0 Å². The average molecular weight is 482 g/mol. The van der Waals surface area contributed by atoms with E-state index in [0.29, 0.717) is 17.8 Å². The standard InChI is InChI=1S/C20H22F3N7O2S/c1-10(2)30-5-4-11-6-14(26-9-15(11)30)16(24)28-18(33)29-17-13(20(21,22)23)7-12(8-27-17)32-19(31)25-3/h6-10H,4-5H2,1-3H3,(H,25,31)(H3,24,27,28,29,33). The van der Waals surface area contributed by atoms with Crippen molar-refractivity contribution in [1.82, 2.24) is 15.3 Å². The van der Waals surface area contributed by atoms with E-state index in [0.717, 1.165) is 30.4 Å². The van der Waals surface area contributed by atoms with Gasteiger partial charge in [-0.25, -0.2) is 14.8 Å². The molecule has 2 aromatic heterocycles. The molecule has 176 valence electrons. The summed E-state index contributed by atoms with van der Waals surface area (Å²) < 4.78 is 45.2. The Hall–Kier alpha value is -3.48. The van der Waals surface area contributed by atoms with Gasteiger partial charge in [0, 0.05) is 19.6 Å². The number of aliphatic imine (C=N–C) groups is 1. The van der Waals surface area contributed by atoms with Crippen molar-refractivity contribution in [2.75, 3.05) is 23.8 Å². The molecule has 0 atom stereocenters. The van der Waals surface area contributed by atoms with Crippen molar-refractivity contribution in [3.63, 3.8) is 0 Å². The Morgan fingerprint density at radius 1 is 1.30 bits per heavy atom. The largest absolute Gasteiger partial charge is 0.420 e. The average Bonchev–Trinajstić information content (AvgIpc) is 3.17. The zero-order valence-corrected chi connectivity index (χ0v) is 18.8. The number of pyridine rings is 2. The third kappa shape index (κ3) is 5.66. The molecular formula is C20H22F3N7O2S. The van der Waals surface area contributed by atoms with Crippen molar-refractivity contribution >= 4 is 40.8 Å². The first-order valence-corrected chi connectivity index (χ1v) is 10.3. The Kier molecular flexibility index (Phi) is 7.01. The summed E-state index contributed by atoms with van der Waals surface area (Å²) in [6.07, 6.45) is -2.26. The van der Waals surface area contributed by atoms with Gasteiger partial charge in [-0.1, -0.05) is 0 Å². The number of halogens is 3. The molecule has 2 aromatic rings. The van der Waals surface area contributed by atoms with E-state index in [9.17, 15) is 18.0 Å². The van der Waals surface area contributed by atoms with Gasteiger partial charge < -0.3 is 26.0 Å². The van der Waals surface area contributed by atoms with Gasteiger partial charge in [-0.3, -0.25) is 4.98 Å². The summed E-state index contributed by atoms with van der Waals surface area (Å²) in [4.78, 5) is 25.4. The fraction of sp³-hybridized carbons (Fsp3) is 0.350. The van der Waals surface area contributed by atoms with Gasteiger partial charge in [-0.2, -0.15) is 13.2 Å². The number of aromatic nitrogens is 2. The molecule has 3 heterocycles. The van der Waals surface area contributed by atoms with Crippen LogP contribution >= 0.6 is 12.2 Å². The molecule has 0 aromatic carbocycles. The second-order valence-electron chi connectivity index (χ2n) is 7.37. The topological polar surface area (TPSA) is 118 Å². The van der Waals surface area contributed by atoms with E-state index in [2.05, 4.69) is 44.3 Å². The number of nitrogens with zero attached hydrogens (tertiary/aromatic N) is 4. The van der Waals surface area contributed by atoms with Crippen LogP contribution in [0.1, 0.15) is 30.7 Å². The van der Waals surface area contributed by atoms with Gasteiger partial charge in [-0.05, 0) is 50.2 Å². The highest BCUT2D eigenvalue weighted by molar-refractivity contribution is 7.80. The predicted molar refractivity (Wildman–Crippen MR) is 122 cm³/mol. The smallest absolute Gasteiger partial charge is 0.409 e. The van der Waals surface area contributed by atoms with E-state index in [1.807, 2.05) is 0 Å². The summed E-state index contributed by atoms with van der Waals surface area (Å²) in [5.41, 5.74) is 7.24. The molecule has 3 rings (SSSR count). The van der Waals surface area contributed by atoms with Gasteiger partial charge in [-0.15, -0.1) is 0 Å². The molecule has 0 aliphatic carbocycles. The molecule has 0 unspecified atom stereocenters. The Bertz CT molecular complexity index is 1110. The molecule has 0 fully saturated rings. The first kappa shape index (κ1) is 24.2. The van der Waals surface area contributed by atoms with E-state index in [1.165, 1.54) is 7.05 Å². The number of hydrogen-bond donors (Lipinski definition) is 3. The highest BCUT2D eigenvalue weighted by Gasteiger charge is 2.35. The number of anilines is 2. The number of nitrogens with two attached hydrogens (primary N) is 1. The normalized spacial score (nSPS) is 13.7. The Balaban J connectivity index is 1.80. The molecule has 0 saturated heterocycles. The fourth-order valence-electron chi connectivity index (χ4n) is 3.26. The minimum atomic E-state index is -4.80. The molecule has 4 N–H and O–H groups in total. The predicted octanol–water partition coefficient (Wildman–Crippen LogP) is 3.09. The molecule has 9 nitrogen and oxygen atoms in total. The molecule has 1 aliphatic rings. The van der Waals surface area contributed by atoms with Crippen LogP contribution in [-0.4, -0.2) is 46.6 Å². The summed E-state index contributed by atoms with van der Waals surface area (Å²) in [6.45, 7) is 5.04. The van der Waals surface area contributed by atoms with Gasteiger partial charge in [0.15, 0.2) is 16.7 Å². The third-order valence-electron chi connectivity index (χ3n) is 4.81. The van der Waals surface area contributed by atoms with Crippen LogP contribution in [0.4, 0.5) is 29.5 Å². The van der Waals surface area contributed by atoms with Crippen LogP contribution in [0.5, 0.6) is 5.75 Å². The lowest BCUT2D eigenvalue weighted by atomic mass is 10.1. The second-order valence-corrected chi connectivity index (χ2v) is 7.75. The van der Waals surface area contributed by atoms with Crippen molar-refractivity contribution < 1.29 is 22.7 Å². The van der Waals surface area contributed by atoms with E-state index >= 15 is 0 Å². The maximum absolute atomic E-state index is 13.5. The number of carbonyl (C=O) groups excluding carboxylic acids is 1. The lowest BCUT2D eigenvalue weighted by molar-refractivity contribution is -0.137. The molecule has 1 amide bonds. The van der Waals surface area contributed by atoms with Crippen molar-refractivity contribution in [3.8, 4) is 5.75 Å². The van der Waals surface area contributed by atoms with Gasteiger partial charge in [0.25, 0.3) is 0 Å². The van der Waals surface area contributed by atoms with Crippen LogP contribution in [0, 0.1) is 0 Å². The summed E-state index contributed by atoms with van der Waals surface area (Å²) in [5, 5.41) is 4.12. The quantitative estimate of drug-likeness (QED) is 0.347. The van der Waals surface area contributed by atoms with Crippen molar-refractivity contribution in [1.29, 1.82) is 0 Å². The van der Waals surface area contributed by atoms with Gasteiger partial charge in [0.05, 0.1) is 18.1 Å². The lowest BCUT2D eigenvalue weighted by Crippen LogP contribution is -2.28. The number of alkyl halides is 3. The van der Waals surface area contributed by atoms with Crippen LogP contribution in [0.25, 0.3) is 0 Å². The lowest BCUT2D eigenvalue weighted by Gasteiger charge is -2.23. The first-order chi connectivity index (χ1) is 15.5. The number of amidine groups is 1. The maximum atomic E-state index is 13.5. The van der Waals surface area contributed by atoms with Crippen molar-refractivity contribution in [2.45, 2.75) is 32.5 Å². The minimum absolute atomic E-state index is 0.0496. The van der Waals surface area contributed by atoms with Crippen molar-refractivity contribution in [2.24, 2.45) is 10.7 Å². The molecule has 0 spiro atoms. The molecule has 0 radical (unpaired) electrons. The first-order valence-electron chi connectivity index (χ1n) is 9.87. The number of rotatable bonds is 4. The number of carbonyl (C=O) groups is 1. The van der Waals surface area contributed by atoms with Gasteiger partial charge >= 0.3 is 12.3 Å². The summed E-state index contributed by atoms with van der Waals surface area (Å²) in [5.74, 6) is -1.05. The number of amides is 1. The van der Waals surface area contributed by atoms with Crippen molar-refractivity contribution in [3.05, 3.63) is 41.3 Å². The Labute approximate surface area is 193 Å². The third-order valence-corrected chi connectivity index (χ3v) is 5.01. The zero-order valence-electron chi connectivity index (χ0n) is 18.0. The van der Waals surface area contributed by atoms with E-state index in [-0.39, 0.29) is 16.7 Å². The zero-order chi connectivity index (χ0) is 24.3. The van der Waals surface area contributed by atoms with Crippen LogP contribution in [-0.2, 0) is 12.6 Å². The Morgan fingerprint density at radius 3 is 2.67 bits per heavy atom. The number of thiocarbonyl (C=S) groups is 1. The van der Waals surface area contributed by atoms with Gasteiger partial charge in [0.1, 0.15) is 17.1 Å². The highest BCUT2D eigenvalue weighted by atomic mass is 32.1. The minimum Gasteiger partial charge on any atom is -0.409 e. The molecule has 13 heteroatoms. The molecular weight excluding hydrogens is 459 g/mol. The van der Waals surface area contributed by atoms with Crippen LogP contribution in [0.3, 0.4) is 0 Å². The number of nitrogens with one attached hydrogen (secondary N) is 2. The monoisotopic (exact) mass is 481 g/mol. The summed E-state index contributed by atoms with van der Waals surface area (Å²) in [6, 6.07) is 2.75. The summed E-state index contributed by atoms with van der Waals surface area (Å²) in [7, 11) is 1.27. The maximum Gasteiger partial charge on any atom is 0.420 e. The molecule has 0 bridgehead atoms. The fourth-order valence-corrected chi connectivity index (χ4v) is 3.45.